The fourth-order valence-electron chi connectivity index (χ4n) is 2.94. The Morgan fingerprint density at radius 2 is 2.04 bits per heavy atom. The van der Waals surface area contributed by atoms with E-state index in [4.69, 9.17) is 4.99 Å². The van der Waals surface area contributed by atoms with E-state index in [2.05, 4.69) is 48.2 Å². The number of aliphatic imine (C=N–C) groups is 1. The first-order chi connectivity index (χ1) is 13.5. The molecule has 1 heterocycles. The molecular weight excluding hydrogens is 452 g/mol. The maximum atomic E-state index is 13.1. The second-order valence-electron chi connectivity index (χ2n) is 6.65. The van der Waals surface area contributed by atoms with Gasteiger partial charge in [-0.2, -0.15) is 11.8 Å². The topological polar surface area (TPSA) is 32.7 Å². The quantitative estimate of drug-likeness (QED) is 0.357. The Morgan fingerprint density at radius 3 is 2.75 bits per heavy atom. The summed E-state index contributed by atoms with van der Waals surface area (Å²) in [5.41, 5.74) is 4.25. The van der Waals surface area contributed by atoms with Crippen LogP contribution in [0.2, 0.25) is 0 Å². The van der Waals surface area contributed by atoms with Gasteiger partial charge in [0, 0.05) is 11.0 Å². The van der Waals surface area contributed by atoms with E-state index in [1.54, 1.807) is 11.8 Å². The lowest BCUT2D eigenvalue weighted by atomic mass is 10.1. The van der Waals surface area contributed by atoms with Gasteiger partial charge in [-0.25, -0.2) is 4.99 Å². The van der Waals surface area contributed by atoms with Gasteiger partial charge < -0.3 is 0 Å². The van der Waals surface area contributed by atoms with Gasteiger partial charge in [-0.15, -0.1) is 0 Å². The van der Waals surface area contributed by atoms with Gasteiger partial charge in [0.2, 0.25) is 0 Å². The van der Waals surface area contributed by atoms with E-state index in [0.29, 0.717) is 11.4 Å². The van der Waals surface area contributed by atoms with Crippen molar-refractivity contribution >= 4 is 62.3 Å². The minimum atomic E-state index is 0.0367. The molecule has 3 rings (SSSR count). The third-order valence-electron chi connectivity index (χ3n) is 4.33. The highest BCUT2D eigenvalue weighted by atomic mass is 79.9. The second-order valence-corrected chi connectivity index (χ2v) is 9.56. The van der Waals surface area contributed by atoms with Crippen LogP contribution in [-0.2, 0) is 4.79 Å². The normalized spacial score (nSPS) is 17.1. The Morgan fingerprint density at radius 1 is 1.21 bits per heavy atom. The molecule has 0 radical (unpaired) electrons. The Kier molecular flexibility index (Phi) is 7.43. The zero-order valence-electron chi connectivity index (χ0n) is 16.2. The van der Waals surface area contributed by atoms with Crippen LogP contribution < -0.4 is 0 Å². The maximum Gasteiger partial charge on any atom is 0.266 e. The molecule has 3 nitrogen and oxygen atoms in total. The van der Waals surface area contributed by atoms with E-state index < -0.39 is 0 Å². The number of carbonyl (C=O) groups is 1. The molecule has 1 amide bonds. The number of halogens is 1. The molecule has 0 saturated carbocycles. The molecule has 0 atom stereocenters. The van der Waals surface area contributed by atoms with Crippen LogP contribution in [0, 0.1) is 13.8 Å². The van der Waals surface area contributed by atoms with Crippen LogP contribution in [0.3, 0.4) is 0 Å². The van der Waals surface area contributed by atoms with Crippen molar-refractivity contribution in [1.29, 1.82) is 0 Å². The third-order valence-corrected chi connectivity index (χ3v) is 6.53. The number of amides is 1. The van der Waals surface area contributed by atoms with E-state index in [1.165, 1.54) is 17.3 Å². The van der Waals surface area contributed by atoms with Gasteiger partial charge in [0.25, 0.3) is 5.91 Å². The SMILES string of the molecule is CSCCCN1C(=O)C(=Cc2cccc(Br)c2)SC1=Nc1ccc(C)cc1C. The van der Waals surface area contributed by atoms with Crippen LogP contribution in [0.1, 0.15) is 23.1 Å². The van der Waals surface area contributed by atoms with Crippen molar-refractivity contribution in [3.63, 3.8) is 0 Å². The summed E-state index contributed by atoms with van der Waals surface area (Å²) in [6, 6.07) is 14.2. The number of amidine groups is 1. The third kappa shape index (κ3) is 5.31. The molecule has 2 aromatic rings. The van der Waals surface area contributed by atoms with Crippen LogP contribution in [0.4, 0.5) is 5.69 Å². The molecule has 0 unspecified atom stereocenters. The number of hydrogen-bond donors (Lipinski definition) is 0. The number of carbonyl (C=O) groups excluding carboxylic acids is 1. The molecule has 1 fully saturated rings. The smallest absolute Gasteiger partial charge is 0.266 e. The van der Waals surface area contributed by atoms with Gasteiger partial charge >= 0.3 is 0 Å². The fourth-order valence-corrected chi connectivity index (χ4v) is 4.79. The molecule has 2 aromatic carbocycles. The minimum absolute atomic E-state index is 0.0367. The molecular formula is C22H23BrN2OS2. The lowest BCUT2D eigenvalue weighted by Gasteiger charge is -2.15. The standard InChI is InChI=1S/C22H23BrN2OS2/c1-15-8-9-19(16(2)12-15)24-22-25(10-5-11-27-3)21(26)20(28-22)14-17-6-4-7-18(23)13-17/h4,6-9,12-14H,5,10-11H2,1-3H3. The molecule has 1 aliphatic heterocycles. The molecule has 6 heteroatoms. The summed E-state index contributed by atoms with van der Waals surface area (Å²) in [6.07, 6.45) is 4.98. The first kappa shape index (κ1) is 21.2. The summed E-state index contributed by atoms with van der Waals surface area (Å²) >= 11 is 6.75. The van der Waals surface area contributed by atoms with Crippen molar-refractivity contribution in [3.8, 4) is 0 Å². The summed E-state index contributed by atoms with van der Waals surface area (Å²) in [5, 5.41) is 0.763. The Hall–Kier alpha value is -1.50. The van der Waals surface area contributed by atoms with E-state index in [0.717, 1.165) is 38.6 Å². The van der Waals surface area contributed by atoms with E-state index >= 15 is 0 Å². The van der Waals surface area contributed by atoms with Crippen molar-refractivity contribution in [2.24, 2.45) is 4.99 Å². The van der Waals surface area contributed by atoms with Gasteiger partial charge in [0.05, 0.1) is 10.6 Å². The van der Waals surface area contributed by atoms with Gasteiger partial charge in [0.1, 0.15) is 0 Å². The zero-order chi connectivity index (χ0) is 20.1. The van der Waals surface area contributed by atoms with Crippen molar-refractivity contribution in [2.75, 3.05) is 18.6 Å². The maximum absolute atomic E-state index is 13.1. The average Bonchev–Trinajstić information content (AvgIpc) is 2.93. The molecule has 1 aliphatic rings. The predicted octanol–water partition coefficient (Wildman–Crippen LogP) is 6.42. The lowest BCUT2D eigenvalue weighted by Crippen LogP contribution is -2.30. The average molecular weight is 475 g/mol. The first-order valence-electron chi connectivity index (χ1n) is 9.10. The number of aryl methyl sites for hydroxylation is 2. The van der Waals surface area contributed by atoms with Gasteiger partial charge in [-0.3, -0.25) is 9.69 Å². The first-order valence-corrected chi connectivity index (χ1v) is 12.1. The molecule has 28 heavy (non-hydrogen) atoms. The van der Waals surface area contributed by atoms with Crippen molar-refractivity contribution < 1.29 is 4.79 Å². The van der Waals surface area contributed by atoms with E-state index in [-0.39, 0.29) is 5.91 Å². The highest BCUT2D eigenvalue weighted by Crippen LogP contribution is 2.35. The lowest BCUT2D eigenvalue weighted by molar-refractivity contribution is -0.122. The Balaban J connectivity index is 1.94. The predicted molar refractivity (Wildman–Crippen MR) is 127 cm³/mol. The van der Waals surface area contributed by atoms with Crippen molar-refractivity contribution in [1.82, 2.24) is 4.90 Å². The number of hydrogen-bond acceptors (Lipinski definition) is 4. The largest absolute Gasteiger partial charge is 0.286 e. The van der Waals surface area contributed by atoms with Gasteiger partial charge in [-0.05, 0) is 79.4 Å². The van der Waals surface area contributed by atoms with Crippen LogP contribution in [0.15, 0.2) is 56.8 Å². The zero-order valence-corrected chi connectivity index (χ0v) is 19.5. The highest BCUT2D eigenvalue weighted by molar-refractivity contribution is 9.10. The van der Waals surface area contributed by atoms with E-state index in [1.807, 2.05) is 41.3 Å². The fraction of sp³-hybridized carbons (Fsp3) is 0.273. The molecule has 0 aromatic heterocycles. The van der Waals surface area contributed by atoms with Crippen LogP contribution >= 0.6 is 39.5 Å². The number of rotatable bonds is 6. The Labute approximate surface area is 183 Å². The highest BCUT2D eigenvalue weighted by Gasteiger charge is 2.33. The van der Waals surface area contributed by atoms with Gasteiger partial charge in [-0.1, -0.05) is 45.8 Å². The number of thioether (sulfide) groups is 2. The summed E-state index contributed by atoms with van der Waals surface area (Å²) in [5.74, 6) is 1.06. The summed E-state index contributed by atoms with van der Waals surface area (Å²) in [4.78, 5) is 20.4. The van der Waals surface area contributed by atoms with E-state index in [9.17, 15) is 4.79 Å². The van der Waals surface area contributed by atoms with Crippen LogP contribution in [-0.4, -0.2) is 34.5 Å². The summed E-state index contributed by atoms with van der Waals surface area (Å²) < 4.78 is 0.998. The molecule has 0 bridgehead atoms. The molecule has 146 valence electrons. The molecule has 0 spiro atoms. The minimum Gasteiger partial charge on any atom is -0.286 e. The second kappa shape index (κ2) is 9.81. The summed E-state index contributed by atoms with van der Waals surface area (Å²) in [6.45, 7) is 4.82. The monoisotopic (exact) mass is 474 g/mol. The molecule has 0 aliphatic carbocycles. The van der Waals surface area contributed by atoms with Crippen LogP contribution in [0.25, 0.3) is 6.08 Å². The van der Waals surface area contributed by atoms with Gasteiger partial charge in [0.15, 0.2) is 5.17 Å². The van der Waals surface area contributed by atoms with Crippen molar-refractivity contribution in [2.45, 2.75) is 20.3 Å². The number of benzene rings is 2. The molecule has 0 N–H and O–H groups in total. The molecule has 1 saturated heterocycles. The van der Waals surface area contributed by atoms with Crippen LogP contribution in [0.5, 0.6) is 0 Å². The van der Waals surface area contributed by atoms with Crippen molar-refractivity contribution in [3.05, 3.63) is 68.5 Å². The number of nitrogens with zero attached hydrogens (tertiary/aromatic N) is 2. The summed E-state index contributed by atoms with van der Waals surface area (Å²) in [7, 11) is 0. The Bertz CT molecular complexity index is 940.